The molecule has 120 valence electrons. The van der Waals surface area contributed by atoms with E-state index in [0.29, 0.717) is 17.9 Å². The molecule has 1 aliphatic rings. The summed E-state index contributed by atoms with van der Waals surface area (Å²) < 4.78 is 28.5. The third-order valence-electron chi connectivity index (χ3n) is 3.44. The number of amides is 1. The van der Waals surface area contributed by atoms with Crippen LogP contribution in [0.2, 0.25) is 0 Å². The Morgan fingerprint density at radius 3 is 2.41 bits per heavy atom. The molecule has 0 aromatic heterocycles. The number of hydrogen-bond acceptors (Lipinski definition) is 4. The highest BCUT2D eigenvalue weighted by atomic mass is 32.2. The maximum absolute atomic E-state index is 12.6. The highest BCUT2D eigenvalue weighted by Crippen LogP contribution is 2.26. The van der Waals surface area contributed by atoms with Crippen molar-refractivity contribution in [2.45, 2.75) is 26.3 Å². The van der Waals surface area contributed by atoms with Gasteiger partial charge in [0, 0.05) is 17.5 Å². The van der Waals surface area contributed by atoms with E-state index in [1.54, 1.807) is 42.4 Å². The zero-order valence-electron chi connectivity index (χ0n) is 13.0. The molecular formula is C16H21NO4S. The fourth-order valence-electron chi connectivity index (χ4n) is 2.43. The summed E-state index contributed by atoms with van der Waals surface area (Å²) in [5, 5.41) is 1.19. The van der Waals surface area contributed by atoms with Crippen LogP contribution in [0.4, 0.5) is 5.69 Å². The zero-order valence-corrected chi connectivity index (χ0v) is 13.8. The third-order valence-corrected chi connectivity index (χ3v) is 4.82. The monoisotopic (exact) mass is 323 g/mol. The topological polar surface area (TPSA) is 63.7 Å². The molecule has 5 nitrogen and oxygen atoms in total. The number of carbonyl (C=O) groups excluding carboxylic acids is 1. The van der Waals surface area contributed by atoms with Crippen LogP contribution in [0.1, 0.15) is 20.3 Å². The number of nitrogens with zero attached hydrogens (tertiary/aromatic N) is 1. The normalized spacial score (nSPS) is 19.4. The van der Waals surface area contributed by atoms with Crippen molar-refractivity contribution >= 4 is 21.4 Å². The van der Waals surface area contributed by atoms with Crippen LogP contribution in [0.25, 0.3) is 0 Å². The molecule has 0 radical (unpaired) electrons. The Balaban J connectivity index is 2.32. The summed E-state index contributed by atoms with van der Waals surface area (Å²) in [5.41, 5.74) is 0.679. The average Bonchev–Trinajstić information content (AvgIpc) is 2.79. The van der Waals surface area contributed by atoms with Crippen molar-refractivity contribution in [1.82, 2.24) is 0 Å². The van der Waals surface area contributed by atoms with Gasteiger partial charge in [0.05, 0.1) is 18.9 Å². The van der Waals surface area contributed by atoms with E-state index in [9.17, 15) is 13.2 Å². The maximum atomic E-state index is 12.6. The van der Waals surface area contributed by atoms with Crippen LogP contribution >= 0.6 is 0 Å². The van der Waals surface area contributed by atoms with Crippen molar-refractivity contribution < 1.29 is 17.9 Å². The Morgan fingerprint density at radius 1 is 1.32 bits per heavy atom. The molecule has 1 aromatic carbocycles. The smallest absolute Gasteiger partial charge is 0.227 e. The molecule has 6 heteroatoms. The summed E-state index contributed by atoms with van der Waals surface area (Å²) in [6.07, 6.45) is 1.95. The second kappa shape index (κ2) is 6.52. The predicted molar refractivity (Wildman–Crippen MR) is 86.6 cm³/mol. The van der Waals surface area contributed by atoms with Gasteiger partial charge in [-0.2, -0.15) is 0 Å². The molecule has 2 rings (SSSR count). The Kier molecular flexibility index (Phi) is 4.90. The van der Waals surface area contributed by atoms with Gasteiger partial charge in [-0.3, -0.25) is 4.79 Å². The number of anilines is 1. The molecule has 0 spiro atoms. The van der Waals surface area contributed by atoms with Crippen LogP contribution in [0, 0.1) is 5.92 Å². The fraction of sp³-hybridized carbons (Fsp3) is 0.438. The lowest BCUT2D eigenvalue weighted by atomic mass is 10.1. The van der Waals surface area contributed by atoms with E-state index in [1.807, 2.05) is 13.8 Å². The van der Waals surface area contributed by atoms with E-state index in [0.717, 1.165) is 0 Å². The quantitative estimate of drug-likeness (QED) is 0.834. The summed E-state index contributed by atoms with van der Waals surface area (Å²) in [4.78, 5) is 14.1. The van der Waals surface area contributed by atoms with Crippen LogP contribution in [0.5, 0.6) is 5.75 Å². The largest absolute Gasteiger partial charge is 0.497 e. The molecule has 1 aliphatic heterocycles. The number of benzene rings is 1. The Labute approximate surface area is 131 Å². The average molecular weight is 323 g/mol. The second-order valence-electron chi connectivity index (χ2n) is 5.79. The van der Waals surface area contributed by atoms with E-state index in [-0.39, 0.29) is 17.6 Å². The van der Waals surface area contributed by atoms with Gasteiger partial charge in [0.25, 0.3) is 0 Å². The van der Waals surface area contributed by atoms with Gasteiger partial charge in [-0.05, 0) is 36.3 Å². The lowest BCUT2D eigenvalue weighted by molar-refractivity contribution is -0.119. The van der Waals surface area contributed by atoms with Crippen molar-refractivity contribution in [3.05, 3.63) is 35.7 Å². The van der Waals surface area contributed by atoms with Crippen molar-refractivity contribution in [3.63, 3.8) is 0 Å². The number of ether oxygens (including phenoxy) is 1. The van der Waals surface area contributed by atoms with Crippen molar-refractivity contribution in [2.75, 3.05) is 17.8 Å². The molecule has 0 fully saturated rings. The summed E-state index contributed by atoms with van der Waals surface area (Å²) in [6.45, 7) is 3.93. The first-order valence-electron chi connectivity index (χ1n) is 7.19. The Hall–Kier alpha value is -1.82. The summed E-state index contributed by atoms with van der Waals surface area (Å²) in [7, 11) is -1.65. The highest BCUT2D eigenvalue weighted by molar-refractivity contribution is 7.94. The number of rotatable bonds is 5. The molecule has 0 unspecified atom stereocenters. The molecule has 0 bridgehead atoms. The van der Waals surface area contributed by atoms with Crippen LogP contribution in [0.3, 0.4) is 0 Å². The first-order chi connectivity index (χ1) is 10.3. The van der Waals surface area contributed by atoms with E-state index < -0.39 is 15.9 Å². The summed E-state index contributed by atoms with van der Waals surface area (Å²) >= 11 is 0. The number of methoxy groups -OCH3 is 1. The molecule has 22 heavy (non-hydrogen) atoms. The molecule has 0 saturated heterocycles. The van der Waals surface area contributed by atoms with Gasteiger partial charge in [0.1, 0.15) is 5.75 Å². The first-order valence-corrected chi connectivity index (χ1v) is 8.91. The maximum Gasteiger partial charge on any atom is 0.227 e. The van der Waals surface area contributed by atoms with Crippen LogP contribution in [-0.4, -0.2) is 33.2 Å². The van der Waals surface area contributed by atoms with Gasteiger partial charge in [-0.1, -0.05) is 13.8 Å². The lowest BCUT2D eigenvalue weighted by Crippen LogP contribution is -2.41. The van der Waals surface area contributed by atoms with E-state index in [1.165, 1.54) is 5.41 Å². The minimum atomic E-state index is -3.22. The fourth-order valence-corrected chi connectivity index (χ4v) is 3.70. The minimum absolute atomic E-state index is 0.0666. The summed E-state index contributed by atoms with van der Waals surface area (Å²) in [5.74, 6) is 0.750. The van der Waals surface area contributed by atoms with Gasteiger partial charge in [0.15, 0.2) is 9.84 Å². The number of sulfone groups is 1. The molecular weight excluding hydrogens is 302 g/mol. The molecule has 1 aromatic rings. The molecule has 1 atom stereocenters. The molecule has 0 saturated carbocycles. The van der Waals surface area contributed by atoms with Gasteiger partial charge in [0.2, 0.25) is 5.91 Å². The predicted octanol–water partition coefficient (Wildman–Crippen LogP) is 2.39. The second-order valence-corrected chi connectivity index (χ2v) is 7.72. The molecule has 0 aliphatic carbocycles. The van der Waals surface area contributed by atoms with Crippen molar-refractivity contribution in [2.24, 2.45) is 5.92 Å². The van der Waals surface area contributed by atoms with Crippen LogP contribution < -0.4 is 9.64 Å². The number of carbonyl (C=O) groups is 1. The van der Waals surface area contributed by atoms with Crippen molar-refractivity contribution in [1.29, 1.82) is 0 Å². The van der Waals surface area contributed by atoms with Gasteiger partial charge >= 0.3 is 0 Å². The standard InChI is InChI=1S/C16H21NO4S/c1-12(2)10-16(18)17(14-8-9-22(19,20)11-14)13-4-6-15(21-3)7-5-13/h4-9,12,14H,10-11H2,1-3H3/t14-/m1/s1. The van der Waals surface area contributed by atoms with Crippen LogP contribution in [-0.2, 0) is 14.6 Å². The van der Waals surface area contributed by atoms with Gasteiger partial charge in [-0.25, -0.2) is 8.42 Å². The third kappa shape index (κ3) is 3.88. The van der Waals surface area contributed by atoms with Gasteiger partial charge < -0.3 is 9.64 Å². The van der Waals surface area contributed by atoms with E-state index >= 15 is 0 Å². The van der Waals surface area contributed by atoms with Crippen molar-refractivity contribution in [3.8, 4) is 5.75 Å². The first kappa shape index (κ1) is 16.5. The highest BCUT2D eigenvalue weighted by Gasteiger charge is 2.31. The Bertz CT molecular complexity index is 662. The van der Waals surface area contributed by atoms with Crippen LogP contribution in [0.15, 0.2) is 35.7 Å². The Morgan fingerprint density at radius 2 is 1.95 bits per heavy atom. The number of hydrogen-bond donors (Lipinski definition) is 0. The molecule has 0 N–H and O–H groups in total. The SMILES string of the molecule is COc1ccc(N(C(=O)CC(C)C)[C@@H]2C=CS(=O)(=O)C2)cc1. The van der Waals surface area contributed by atoms with E-state index in [2.05, 4.69) is 0 Å². The molecule has 1 heterocycles. The van der Waals surface area contributed by atoms with E-state index in [4.69, 9.17) is 4.74 Å². The summed E-state index contributed by atoms with van der Waals surface area (Å²) in [6, 6.07) is 6.62. The zero-order chi connectivity index (χ0) is 16.3. The molecule has 1 amide bonds. The lowest BCUT2D eigenvalue weighted by Gasteiger charge is -2.28. The minimum Gasteiger partial charge on any atom is -0.497 e. The van der Waals surface area contributed by atoms with Gasteiger partial charge in [-0.15, -0.1) is 0 Å².